The highest BCUT2D eigenvalue weighted by Crippen LogP contribution is 2.20. The molecule has 0 aliphatic rings. The number of amides is 3. The van der Waals surface area contributed by atoms with E-state index in [0.29, 0.717) is 5.69 Å². The van der Waals surface area contributed by atoms with Gasteiger partial charge in [0.1, 0.15) is 11.9 Å². The number of para-hydroxylation sites is 1. The van der Waals surface area contributed by atoms with Crippen molar-refractivity contribution in [2.45, 2.75) is 12.5 Å². The Bertz CT molecular complexity index is 1330. The lowest BCUT2D eigenvalue weighted by Crippen LogP contribution is -2.45. The highest BCUT2D eigenvalue weighted by atomic mass is 19.1. The van der Waals surface area contributed by atoms with E-state index in [1.165, 1.54) is 54.0 Å². The van der Waals surface area contributed by atoms with Crippen LogP contribution in [0.25, 0.3) is 10.9 Å². The molecule has 5 N–H and O–H groups in total. The first-order chi connectivity index (χ1) is 16.4. The number of anilines is 1. The molecule has 1 heterocycles. The van der Waals surface area contributed by atoms with Gasteiger partial charge in [0.25, 0.3) is 11.8 Å². The molecule has 9 heteroatoms. The molecule has 0 radical (unpaired) electrons. The molecule has 0 bridgehead atoms. The average molecular weight is 460 g/mol. The van der Waals surface area contributed by atoms with Crippen molar-refractivity contribution in [2.75, 3.05) is 5.32 Å². The summed E-state index contributed by atoms with van der Waals surface area (Å²) in [4.78, 5) is 40.6. The summed E-state index contributed by atoms with van der Waals surface area (Å²) >= 11 is 0. The van der Waals surface area contributed by atoms with E-state index in [1.807, 2.05) is 24.3 Å². The normalized spacial score (nSPS) is 11.6. The Morgan fingerprint density at radius 3 is 2.24 bits per heavy atom. The van der Waals surface area contributed by atoms with Gasteiger partial charge in [0, 0.05) is 40.3 Å². The number of carbonyl (C=O) groups is 3. The number of aromatic amines is 1. The van der Waals surface area contributed by atoms with Gasteiger partial charge in [0.05, 0.1) is 0 Å². The number of H-pyrrole nitrogens is 1. The minimum absolute atomic E-state index is 0.202. The van der Waals surface area contributed by atoms with E-state index < -0.39 is 29.6 Å². The van der Waals surface area contributed by atoms with Crippen LogP contribution in [0.4, 0.5) is 10.1 Å². The number of nitrogens with one attached hydrogen (secondary N) is 4. The van der Waals surface area contributed by atoms with Gasteiger partial charge < -0.3 is 15.6 Å². The summed E-state index contributed by atoms with van der Waals surface area (Å²) in [6.07, 6.45) is 1.99. The van der Waals surface area contributed by atoms with Crippen molar-refractivity contribution >= 4 is 34.3 Å². The van der Waals surface area contributed by atoms with Crippen molar-refractivity contribution in [3.05, 3.63) is 102 Å². The number of hydrogen-bond acceptors (Lipinski definition) is 4. The minimum atomic E-state index is -0.947. The molecule has 3 amide bonds. The van der Waals surface area contributed by atoms with Crippen molar-refractivity contribution < 1.29 is 24.0 Å². The van der Waals surface area contributed by atoms with Crippen LogP contribution in [0.15, 0.2) is 79.0 Å². The zero-order chi connectivity index (χ0) is 24.1. The molecule has 0 saturated heterocycles. The van der Waals surface area contributed by atoms with Crippen LogP contribution in [0.1, 0.15) is 26.3 Å². The number of rotatable bonds is 7. The van der Waals surface area contributed by atoms with E-state index in [0.717, 1.165) is 16.5 Å². The van der Waals surface area contributed by atoms with Gasteiger partial charge in [-0.25, -0.2) is 9.87 Å². The first-order valence-electron chi connectivity index (χ1n) is 10.4. The van der Waals surface area contributed by atoms with Crippen LogP contribution in [0.3, 0.4) is 0 Å². The topological polar surface area (TPSA) is 123 Å². The second-order valence-electron chi connectivity index (χ2n) is 7.60. The van der Waals surface area contributed by atoms with Crippen molar-refractivity contribution in [3.63, 3.8) is 0 Å². The Morgan fingerprint density at radius 1 is 0.882 bits per heavy atom. The van der Waals surface area contributed by atoms with E-state index in [1.54, 1.807) is 6.20 Å². The summed E-state index contributed by atoms with van der Waals surface area (Å²) in [5.74, 6) is -2.14. The van der Waals surface area contributed by atoms with Crippen LogP contribution < -0.4 is 16.1 Å². The third-order valence-corrected chi connectivity index (χ3v) is 5.34. The Hall–Kier alpha value is -4.50. The molecule has 4 aromatic rings. The molecule has 4 rings (SSSR count). The molecule has 1 atom stereocenters. The van der Waals surface area contributed by atoms with E-state index in [-0.39, 0.29) is 17.5 Å². The van der Waals surface area contributed by atoms with Gasteiger partial charge in [-0.3, -0.25) is 19.6 Å². The molecule has 1 aromatic heterocycles. The fourth-order valence-electron chi connectivity index (χ4n) is 3.57. The summed E-state index contributed by atoms with van der Waals surface area (Å²) in [5, 5.41) is 15.1. The van der Waals surface area contributed by atoms with Gasteiger partial charge in [-0.1, -0.05) is 18.2 Å². The Labute approximate surface area is 193 Å². The largest absolute Gasteiger partial charge is 0.361 e. The zero-order valence-corrected chi connectivity index (χ0v) is 17.8. The second kappa shape index (κ2) is 9.97. The molecule has 3 aromatic carbocycles. The highest BCUT2D eigenvalue weighted by molar-refractivity contribution is 6.02. The maximum absolute atomic E-state index is 13.2. The quantitative estimate of drug-likeness (QED) is 0.214. The van der Waals surface area contributed by atoms with Gasteiger partial charge >= 0.3 is 0 Å². The van der Waals surface area contributed by atoms with Crippen LogP contribution in [-0.4, -0.2) is 34.0 Å². The summed E-state index contributed by atoms with van der Waals surface area (Å²) in [7, 11) is 0. The number of hydroxylamine groups is 1. The van der Waals surface area contributed by atoms with Crippen LogP contribution in [-0.2, 0) is 11.2 Å². The van der Waals surface area contributed by atoms with E-state index in [4.69, 9.17) is 5.21 Å². The lowest BCUT2D eigenvalue weighted by atomic mass is 10.0. The minimum Gasteiger partial charge on any atom is -0.361 e. The van der Waals surface area contributed by atoms with Crippen molar-refractivity contribution in [1.82, 2.24) is 15.8 Å². The Morgan fingerprint density at radius 2 is 1.53 bits per heavy atom. The summed E-state index contributed by atoms with van der Waals surface area (Å²) in [6.45, 7) is 0. The lowest BCUT2D eigenvalue weighted by Gasteiger charge is -2.19. The van der Waals surface area contributed by atoms with Gasteiger partial charge in [-0.2, -0.15) is 0 Å². The maximum Gasteiger partial charge on any atom is 0.274 e. The molecule has 0 aliphatic carbocycles. The zero-order valence-electron chi connectivity index (χ0n) is 17.8. The molecular formula is C25H21FN4O4. The SMILES string of the molecule is O=C(NO)c1ccc(NC(=O)[C@H](Cc2c[nH]c3ccccc23)NC(=O)c2ccc(F)cc2)cc1. The molecule has 0 spiro atoms. The second-order valence-corrected chi connectivity index (χ2v) is 7.60. The predicted molar refractivity (Wildman–Crippen MR) is 124 cm³/mol. The van der Waals surface area contributed by atoms with Crippen LogP contribution >= 0.6 is 0 Å². The number of hydrogen-bond donors (Lipinski definition) is 5. The van der Waals surface area contributed by atoms with Crippen LogP contribution in [0.2, 0.25) is 0 Å². The molecule has 0 unspecified atom stereocenters. The van der Waals surface area contributed by atoms with Crippen LogP contribution in [0.5, 0.6) is 0 Å². The summed E-state index contributed by atoms with van der Waals surface area (Å²) < 4.78 is 13.2. The summed E-state index contributed by atoms with van der Waals surface area (Å²) in [6, 6.07) is 17.6. The third kappa shape index (κ3) is 5.11. The smallest absolute Gasteiger partial charge is 0.274 e. The van der Waals surface area contributed by atoms with E-state index in [9.17, 15) is 18.8 Å². The lowest BCUT2D eigenvalue weighted by molar-refractivity contribution is -0.118. The molecule has 34 heavy (non-hydrogen) atoms. The van der Waals surface area contributed by atoms with Gasteiger partial charge in [0.2, 0.25) is 5.91 Å². The molecule has 0 saturated carbocycles. The molecular weight excluding hydrogens is 439 g/mol. The van der Waals surface area contributed by atoms with Crippen molar-refractivity contribution in [2.24, 2.45) is 0 Å². The standard InChI is InChI=1S/C25H21FN4O4/c26-18-9-5-15(6-10-18)23(31)29-22(13-17-14-27-21-4-2-1-3-20(17)21)25(33)28-19-11-7-16(8-12-19)24(32)30-34/h1-12,14,22,27,34H,13H2,(H,28,33)(H,29,31)(H,30,32)/t22-/m0/s1. The van der Waals surface area contributed by atoms with Crippen LogP contribution in [0, 0.1) is 5.82 Å². The van der Waals surface area contributed by atoms with Crippen molar-refractivity contribution in [1.29, 1.82) is 0 Å². The molecule has 172 valence electrons. The Kier molecular flexibility index (Phi) is 6.65. The number of fused-ring (bicyclic) bond motifs is 1. The molecule has 0 aliphatic heterocycles. The molecule has 0 fully saturated rings. The first-order valence-corrected chi connectivity index (χ1v) is 10.4. The Balaban J connectivity index is 1.56. The predicted octanol–water partition coefficient (Wildman–Crippen LogP) is 3.41. The summed E-state index contributed by atoms with van der Waals surface area (Å²) in [5.41, 5.74) is 4.11. The van der Waals surface area contributed by atoms with E-state index >= 15 is 0 Å². The van der Waals surface area contributed by atoms with Crippen molar-refractivity contribution in [3.8, 4) is 0 Å². The van der Waals surface area contributed by atoms with Gasteiger partial charge in [-0.15, -0.1) is 0 Å². The molecule has 8 nitrogen and oxygen atoms in total. The maximum atomic E-state index is 13.2. The van der Waals surface area contributed by atoms with E-state index in [2.05, 4.69) is 15.6 Å². The highest BCUT2D eigenvalue weighted by Gasteiger charge is 2.23. The fraction of sp³-hybridized carbons (Fsp3) is 0.0800. The van der Waals surface area contributed by atoms with Gasteiger partial charge in [0.15, 0.2) is 0 Å². The average Bonchev–Trinajstić information content (AvgIpc) is 3.26. The number of benzene rings is 3. The number of carbonyl (C=O) groups excluding carboxylic acids is 3. The number of halogens is 1. The number of aromatic nitrogens is 1. The monoisotopic (exact) mass is 460 g/mol. The first kappa shape index (κ1) is 22.7. The fourth-order valence-corrected chi connectivity index (χ4v) is 3.57. The van der Waals surface area contributed by atoms with Gasteiger partial charge in [-0.05, 0) is 60.2 Å². The third-order valence-electron chi connectivity index (χ3n) is 5.34.